The fourth-order valence-corrected chi connectivity index (χ4v) is 4.30. The fourth-order valence-electron chi connectivity index (χ4n) is 3.37. The summed E-state index contributed by atoms with van der Waals surface area (Å²) in [6, 6.07) is 7.82. The third kappa shape index (κ3) is 3.42. The Morgan fingerprint density at radius 3 is 2.84 bits per heavy atom. The molecule has 2 aliphatic rings. The summed E-state index contributed by atoms with van der Waals surface area (Å²) in [7, 11) is 0. The Labute approximate surface area is 150 Å². The van der Waals surface area contributed by atoms with Crippen LogP contribution in [0.4, 0.5) is 5.13 Å². The maximum atomic E-state index is 12.5. The minimum atomic E-state index is -0.224. The van der Waals surface area contributed by atoms with Crippen LogP contribution in [0.3, 0.4) is 0 Å². The van der Waals surface area contributed by atoms with Crippen molar-refractivity contribution in [1.29, 1.82) is 0 Å². The zero-order valence-corrected chi connectivity index (χ0v) is 14.9. The third-order valence-corrected chi connectivity index (χ3v) is 5.81. The van der Waals surface area contributed by atoms with Gasteiger partial charge in [-0.1, -0.05) is 35.6 Å². The summed E-state index contributed by atoms with van der Waals surface area (Å²) < 4.78 is 0. The Morgan fingerprint density at radius 2 is 2.08 bits per heavy atom. The Morgan fingerprint density at radius 1 is 1.28 bits per heavy atom. The molecule has 7 heteroatoms. The number of carbonyl (C=O) groups is 2. The van der Waals surface area contributed by atoms with E-state index in [4.69, 9.17) is 0 Å². The van der Waals surface area contributed by atoms with E-state index in [0.29, 0.717) is 17.6 Å². The fraction of sp³-hybridized carbons (Fsp3) is 0.444. The predicted molar refractivity (Wildman–Crippen MR) is 95.4 cm³/mol. The second-order valence-corrected chi connectivity index (χ2v) is 7.66. The number of amides is 2. The largest absolute Gasteiger partial charge is 0.335 e. The maximum absolute atomic E-state index is 12.5. The van der Waals surface area contributed by atoms with Gasteiger partial charge in [-0.2, -0.15) is 0 Å². The van der Waals surface area contributed by atoms with Crippen LogP contribution in [0.5, 0.6) is 0 Å². The Bertz CT molecular complexity index is 815. The summed E-state index contributed by atoms with van der Waals surface area (Å²) in [6.45, 7) is 2.21. The quantitative estimate of drug-likeness (QED) is 0.914. The van der Waals surface area contributed by atoms with Crippen molar-refractivity contribution in [2.45, 2.75) is 44.6 Å². The summed E-state index contributed by atoms with van der Waals surface area (Å²) in [6.07, 6.45) is 3.38. The number of aromatic nitrogens is 2. The Balaban J connectivity index is 1.50. The highest BCUT2D eigenvalue weighted by atomic mass is 32.1. The van der Waals surface area contributed by atoms with E-state index in [1.165, 1.54) is 16.9 Å². The highest BCUT2D eigenvalue weighted by Gasteiger charge is 2.31. The van der Waals surface area contributed by atoms with Gasteiger partial charge in [0.25, 0.3) is 0 Å². The topological polar surface area (TPSA) is 75.2 Å². The molecule has 0 saturated heterocycles. The van der Waals surface area contributed by atoms with Crippen molar-refractivity contribution in [1.82, 2.24) is 15.1 Å². The minimum absolute atomic E-state index is 0.000706. The van der Waals surface area contributed by atoms with E-state index >= 15 is 0 Å². The number of benzene rings is 1. The van der Waals surface area contributed by atoms with Gasteiger partial charge >= 0.3 is 0 Å². The zero-order valence-electron chi connectivity index (χ0n) is 14.1. The molecule has 1 aromatic heterocycles. The monoisotopic (exact) mass is 356 g/mol. The lowest BCUT2D eigenvalue weighted by Gasteiger charge is -2.36. The van der Waals surface area contributed by atoms with Crippen LogP contribution in [0.1, 0.15) is 54.3 Å². The van der Waals surface area contributed by atoms with Crippen molar-refractivity contribution < 1.29 is 9.59 Å². The van der Waals surface area contributed by atoms with E-state index in [-0.39, 0.29) is 24.3 Å². The van der Waals surface area contributed by atoms with Crippen LogP contribution in [0.25, 0.3) is 0 Å². The van der Waals surface area contributed by atoms with E-state index in [1.807, 2.05) is 18.2 Å². The van der Waals surface area contributed by atoms with Crippen molar-refractivity contribution in [3.8, 4) is 0 Å². The first-order valence-corrected chi connectivity index (χ1v) is 9.41. The maximum Gasteiger partial charge on any atom is 0.228 e. The first-order valence-electron chi connectivity index (χ1n) is 8.60. The summed E-state index contributed by atoms with van der Waals surface area (Å²) in [5.74, 6) is 0.396. The molecule has 0 bridgehead atoms. The van der Waals surface area contributed by atoms with E-state index in [2.05, 4.69) is 21.6 Å². The lowest BCUT2D eigenvalue weighted by atomic mass is 9.90. The molecule has 1 atom stereocenters. The highest BCUT2D eigenvalue weighted by Crippen LogP contribution is 2.42. The molecule has 2 heterocycles. The molecule has 1 saturated carbocycles. The van der Waals surface area contributed by atoms with Crippen LogP contribution < -0.4 is 5.32 Å². The number of rotatable bonds is 4. The first-order chi connectivity index (χ1) is 12.1. The van der Waals surface area contributed by atoms with Gasteiger partial charge in [-0.25, -0.2) is 0 Å². The molecule has 25 heavy (non-hydrogen) atoms. The van der Waals surface area contributed by atoms with E-state index in [9.17, 15) is 9.59 Å². The van der Waals surface area contributed by atoms with Gasteiger partial charge in [-0.3, -0.25) is 9.59 Å². The molecule has 4 rings (SSSR count). The van der Waals surface area contributed by atoms with Gasteiger partial charge in [0.15, 0.2) is 0 Å². The van der Waals surface area contributed by atoms with Crippen molar-refractivity contribution in [3.63, 3.8) is 0 Å². The second-order valence-electron chi connectivity index (χ2n) is 6.65. The molecule has 130 valence electrons. The number of hydrogen-bond donors (Lipinski definition) is 1. The molecule has 1 aromatic carbocycles. The van der Waals surface area contributed by atoms with Gasteiger partial charge in [-0.05, 0) is 30.4 Å². The van der Waals surface area contributed by atoms with Crippen molar-refractivity contribution in [2.75, 3.05) is 11.9 Å². The van der Waals surface area contributed by atoms with Gasteiger partial charge in [-0.15, -0.1) is 10.2 Å². The van der Waals surface area contributed by atoms with E-state index in [1.54, 1.807) is 11.8 Å². The molecular formula is C18H20N4O2S. The highest BCUT2D eigenvalue weighted by molar-refractivity contribution is 7.15. The molecule has 1 aliphatic carbocycles. The molecule has 2 amide bonds. The molecule has 1 aliphatic heterocycles. The number of carbonyl (C=O) groups excluding carboxylic acids is 2. The Kier molecular flexibility index (Phi) is 4.25. The van der Waals surface area contributed by atoms with Crippen LogP contribution in [0, 0.1) is 0 Å². The molecule has 1 fully saturated rings. The summed E-state index contributed by atoms with van der Waals surface area (Å²) in [5, 5.41) is 12.6. The van der Waals surface area contributed by atoms with Gasteiger partial charge in [0, 0.05) is 19.4 Å². The van der Waals surface area contributed by atoms with Crippen molar-refractivity contribution >= 4 is 28.3 Å². The van der Waals surface area contributed by atoms with Gasteiger partial charge in [0.05, 0.1) is 12.5 Å². The average Bonchev–Trinajstić information content (AvgIpc) is 3.35. The lowest BCUT2D eigenvalue weighted by molar-refractivity contribution is -0.132. The Hall–Kier alpha value is -2.28. The predicted octanol–water partition coefficient (Wildman–Crippen LogP) is 2.89. The van der Waals surface area contributed by atoms with Crippen LogP contribution in [-0.2, 0) is 16.0 Å². The summed E-state index contributed by atoms with van der Waals surface area (Å²) in [5.41, 5.74) is 2.28. The lowest BCUT2D eigenvalue weighted by Crippen LogP contribution is -2.40. The summed E-state index contributed by atoms with van der Waals surface area (Å²) >= 11 is 1.45. The number of nitrogens with zero attached hydrogens (tertiary/aromatic N) is 3. The van der Waals surface area contributed by atoms with E-state index in [0.717, 1.165) is 29.8 Å². The average molecular weight is 356 g/mol. The SMILES string of the molecule is CC(=O)N1CCc2ccccc2C1CC(=O)Nc1nnc(C2CC2)s1. The molecule has 1 unspecified atom stereocenters. The molecule has 6 nitrogen and oxygen atoms in total. The van der Waals surface area contributed by atoms with Crippen molar-refractivity contribution in [2.24, 2.45) is 0 Å². The second kappa shape index (κ2) is 6.55. The van der Waals surface area contributed by atoms with Crippen LogP contribution in [0.2, 0.25) is 0 Å². The number of fused-ring (bicyclic) bond motifs is 1. The standard InChI is InChI=1S/C18H20N4O2S/c1-11(23)22-9-8-12-4-2-3-5-14(12)15(22)10-16(24)19-18-21-20-17(25-18)13-6-7-13/h2-5,13,15H,6-10H2,1H3,(H,19,21,24). The number of nitrogens with one attached hydrogen (secondary N) is 1. The molecule has 0 spiro atoms. The van der Waals surface area contributed by atoms with Gasteiger partial charge in [0.2, 0.25) is 16.9 Å². The first kappa shape index (κ1) is 16.2. The van der Waals surface area contributed by atoms with Crippen LogP contribution in [-0.4, -0.2) is 33.5 Å². The van der Waals surface area contributed by atoms with Crippen molar-refractivity contribution in [3.05, 3.63) is 40.4 Å². The molecule has 0 radical (unpaired) electrons. The number of anilines is 1. The summed E-state index contributed by atoms with van der Waals surface area (Å²) in [4.78, 5) is 26.4. The smallest absolute Gasteiger partial charge is 0.228 e. The third-order valence-electron chi connectivity index (χ3n) is 4.81. The normalized spacial score (nSPS) is 19.4. The molecule has 2 aromatic rings. The van der Waals surface area contributed by atoms with Gasteiger partial charge in [0.1, 0.15) is 5.01 Å². The molecular weight excluding hydrogens is 336 g/mol. The molecule has 1 N–H and O–H groups in total. The zero-order chi connectivity index (χ0) is 17.4. The number of hydrogen-bond acceptors (Lipinski definition) is 5. The minimum Gasteiger partial charge on any atom is -0.335 e. The van der Waals surface area contributed by atoms with Crippen LogP contribution >= 0.6 is 11.3 Å². The van der Waals surface area contributed by atoms with Gasteiger partial charge < -0.3 is 10.2 Å². The van der Waals surface area contributed by atoms with Crippen LogP contribution in [0.15, 0.2) is 24.3 Å². The van der Waals surface area contributed by atoms with E-state index < -0.39 is 0 Å².